The zero-order chi connectivity index (χ0) is 14.8. The van der Waals surface area contributed by atoms with E-state index in [-0.39, 0.29) is 12.1 Å². The van der Waals surface area contributed by atoms with Gasteiger partial charge in [-0.1, -0.05) is 6.08 Å². The van der Waals surface area contributed by atoms with Crippen LogP contribution in [0.2, 0.25) is 0 Å². The SMILES string of the molecule is CC1CC(c2ccncc2)=CCN1C(=O)OC(C)(C)C. The minimum atomic E-state index is -0.452. The van der Waals surface area contributed by atoms with E-state index in [1.54, 1.807) is 17.3 Å². The Balaban J connectivity index is 2.08. The van der Waals surface area contributed by atoms with Crippen molar-refractivity contribution >= 4 is 11.7 Å². The molecule has 0 fully saturated rings. The van der Waals surface area contributed by atoms with Crippen molar-refractivity contribution in [1.29, 1.82) is 0 Å². The summed E-state index contributed by atoms with van der Waals surface area (Å²) in [7, 11) is 0. The molecule has 0 bridgehead atoms. The van der Waals surface area contributed by atoms with E-state index in [4.69, 9.17) is 4.74 Å². The molecule has 4 nitrogen and oxygen atoms in total. The second-order valence-electron chi connectivity index (χ2n) is 6.15. The van der Waals surface area contributed by atoms with Gasteiger partial charge in [0.15, 0.2) is 0 Å². The monoisotopic (exact) mass is 274 g/mol. The molecule has 2 heterocycles. The molecule has 0 spiro atoms. The van der Waals surface area contributed by atoms with Gasteiger partial charge in [-0.15, -0.1) is 0 Å². The quantitative estimate of drug-likeness (QED) is 0.787. The van der Waals surface area contributed by atoms with Gasteiger partial charge in [0.25, 0.3) is 0 Å². The summed E-state index contributed by atoms with van der Waals surface area (Å²) in [6.45, 7) is 8.30. The molecule has 0 radical (unpaired) electrons. The van der Waals surface area contributed by atoms with Crippen molar-refractivity contribution in [3.8, 4) is 0 Å². The fourth-order valence-corrected chi connectivity index (χ4v) is 2.28. The second-order valence-corrected chi connectivity index (χ2v) is 6.15. The lowest BCUT2D eigenvalue weighted by molar-refractivity contribution is 0.0199. The zero-order valence-corrected chi connectivity index (χ0v) is 12.6. The van der Waals surface area contributed by atoms with Gasteiger partial charge in [0, 0.05) is 25.0 Å². The summed E-state index contributed by atoms with van der Waals surface area (Å²) < 4.78 is 5.44. The van der Waals surface area contributed by atoms with Crippen LogP contribution in [-0.2, 0) is 4.74 Å². The Morgan fingerprint density at radius 2 is 2.00 bits per heavy atom. The number of pyridine rings is 1. The highest BCUT2D eigenvalue weighted by atomic mass is 16.6. The molecule has 1 aromatic heterocycles. The molecule has 0 aromatic carbocycles. The first-order valence-corrected chi connectivity index (χ1v) is 6.96. The standard InChI is InChI=1S/C16H22N2O2/c1-12-11-14(13-5-8-17-9-6-13)7-10-18(12)15(19)20-16(2,3)4/h5-9,12H,10-11H2,1-4H3. The molecule has 20 heavy (non-hydrogen) atoms. The summed E-state index contributed by atoms with van der Waals surface area (Å²) in [4.78, 5) is 17.9. The van der Waals surface area contributed by atoms with E-state index in [0.717, 1.165) is 6.42 Å². The van der Waals surface area contributed by atoms with Gasteiger partial charge in [-0.05, 0) is 57.4 Å². The molecule has 0 aliphatic carbocycles. The molecule has 1 aliphatic heterocycles. The van der Waals surface area contributed by atoms with Crippen molar-refractivity contribution in [2.45, 2.75) is 45.8 Å². The lowest BCUT2D eigenvalue weighted by Crippen LogP contribution is -2.44. The van der Waals surface area contributed by atoms with Gasteiger partial charge in [0.05, 0.1) is 0 Å². The number of amides is 1. The summed E-state index contributed by atoms with van der Waals surface area (Å²) in [6.07, 6.45) is 6.28. The fraction of sp³-hybridized carbons (Fsp3) is 0.500. The average molecular weight is 274 g/mol. The minimum Gasteiger partial charge on any atom is -0.444 e. The summed E-state index contributed by atoms with van der Waals surface area (Å²) in [5, 5.41) is 0. The molecule has 1 aliphatic rings. The number of rotatable bonds is 1. The number of ether oxygens (including phenoxy) is 1. The molecule has 108 valence electrons. The smallest absolute Gasteiger partial charge is 0.410 e. The lowest BCUT2D eigenvalue weighted by atomic mass is 9.96. The highest BCUT2D eigenvalue weighted by Gasteiger charge is 2.28. The predicted molar refractivity (Wildman–Crippen MR) is 79.2 cm³/mol. The van der Waals surface area contributed by atoms with Crippen molar-refractivity contribution in [1.82, 2.24) is 9.88 Å². The number of carbonyl (C=O) groups excluding carboxylic acids is 1. The Kier molecular flexibility index (Phi) is 4.12. The molecule has 0 saturated heterocycles. The van der Waals surface area contributed by atoms with Gasteiger partial charge >= 0.3 is 6.09 Å². The maximum Gasteiger partial charge on any atom is 0.410 e. The van der Waals surface area contributed by atoms with E-state index in [1.807, 2.05) is 32.9 Å². The van der Waals surface area contributed by atoms with E-state index in [2.05, 4.69) is 18.0 Å². The van der Waals surface area contributed by atoms with E-state index in [1.165, 1.54) is 11.1 Å². The van der Waals surface area contributed by atoms with E-state index < -0.39 is 5.60 Å². The van der Waals surface area contributed by atoms with E-state index >= 15 is 0 Å². The molecular weight excluding hydrogens is 252 g/mol. The minimum absolute atomic E-state index is 0.137. The third-order valence-corrected chi connectivity index (χ3v) is 3.26. The second kappa shape index (κ2) is 5.65. The van der Waals surface area contributed by atoms with Gasteiger partial charge < -0.3 is 9.64 Å². The van der Waals surface area contributed by atoms with Crippen LogP contribution in [-0.4, -0.2) is 34.2 Å². The normalized spacial score (nSPS) is 19.5. The molecule has 0 N–H and O–H groups in total. The van der Waals surface area contributed by atoms with Gasteiger partial charge in [0.2, 0.25) is 0 Å². The molecule has 0 saturated carbocycles. The first-order valence-electron chi connectivity index (χ1n) is 6.96. The average Bonchev–Trinajstić information content (AvgIpc) is 2.37. The highest BCUT2D eigenvalue weighted by Crippen LogP contribution is 2.27. The van der Waals surface area contributed by atoms with Gasteiger partial charge in [-0.3, -0.25) is 4.98 Å². The summed E-state index contributed by atoms with van der Waals surface area (Å²) in [5.74, 6) is 0. The van der Waals surface area contributed by atoms with Crippen molar-refractivity contribution < 1.29 is 9.53 Å². The number of hydrogen-bond acceptors (Lipinski definition) is 3. The van der Waals surface area contributed by atoms with E-state index in [0.29, 0.717) is 6.54 Å². The van der Waals surface area contributed by atoms with Crippen LogP contribution in [0, 0.1) is 0 Å². The van der Waals surface area contributed by atoms with Crippen molar-refractivity contribution in [2.75, 3.05) is 6.54 Å². The molecule has 1 unspecified atom stereocenters. The zero-order valence-electron chi connectivity index (χ0n) is 12.6. The van der Waals surface area contributed by atoms with Crippen LogP contribution >= 0.6 is 0 Å². The number of aromatic nitrogens is 1. The third kappa shape index (κ3) is 3.59. The number of hydrogen-bond donors (Lipinski definition) is 0. The Morgan fingerprint density at radius 3 is 2.55 bits per heavy atom. The van der Waals surface area contributed by atoms with Crippen LogP contribution in [0.4, 0.5) is 4.79 Å². The first-order chi connectivity index (χ1) is 9.37. The molecular formula is C16H22N2O2. The van der Waals surface area contributed by atoms with E-state index in [9.17, 15) is 4.79 Å². The van der Waals surface area contributed by atoms with Gasteiger partial charge in [-0.25, -0.2) is 4.79 Å². The van der Waals surface area contributed by atoms with Gasteiger partial charge in [-0.2, -0.15) is 0 Å². The van der Waals surface area contributed by atoms with Crippen molar-refractivity contribution in [3.63, 3.8) is 0 Å². The Bertz CT molecular complexity index is 503. The highest BCUT2D eigenvalue weighted by molar-refractivity contribution is 5.73. The Labute approximate surface area is 120 Å². The lowest BCUT2D eigenvalue weighted by Gasteiger charge is -2.34. The topological polar surface area (TPSA) is 42.4 Å². The van der Waals surface area contributed by atoms with Crippen molar-refractivity contribution in [3.05, 3.63) is 36.2 Å². The molecule has 1 aromatic rings. The summed E-state index contributed by atoms with van der Waals surface area (Å²) in [5.41, 5.74) is 1.99. The number of nitrogens with zero attached hydrogens (tertiary/aromatic N) is 2. The van der Waals surface area contributed by atoms with Crippen LogP contribution in [0.1, 0.15) is 39.7 Å². The maximum atomic E-state index is 12.1. The summed E-state index contributed by atoms with van der Waals surface area (Å²) >= 11 is 0. The largest absolute Gasteiger partial charge is 0.444 e. The van der Waals surface area contributed by atoms with Crippen LogP contribution in [0.5, 0.6) is 0 Å². The fourth-order valence-electron chi connectivity index (χ4n) is 2.28. The van der Waals surface area contributed by atoms with Crippen LogP contribution in [0.3, 0.4) is 0 Å². The van der Waals surface area contributed by atoms with Crippen LogP contribution in [0.25, 0.3) is 5.57 Å². The molecule has 1 amide bonds. The maximum absolute atomic E-state index is 12.1. The molecule has 1 atom stereocenters. The summed E-state index contributed by atoms with van der Waals surface area (Å²) in [6, 6.07) is 4.14. The number of carbonyl (C=O) groups is 1. The van der Waals surface area contributed by atoms with Crippen molar-refractivity contribution in [2.24, 2.45) is 0 Å². The Hall–Kier alpha value is -1.84. The molecule has 4 heteroatoms. The predicted octanol–water partition coefficient (Wildman–Crippen LogP) is 3.49. The third-order valence-electron chi connectivity index (χ3n) is 3.26. The van der Waals surface area contributed by atoms with Crippen LogP contribution < -0.4 is 0 Å². The Morgan fingerprint density at radius 1 is 1.35 bits per heavy atom. The van der Waals surface area contributed by atoms with Crippen LogP contribution in [0.15, 0.2) is 30.6 Å². The van der Waals surface area contributed by atoms with Gasteiger partial charge in [0.1, 0.15) is 5.60 Å². The molecule has 2 rings (SSSR count). The first kappa shape index (κ1) is 14.6.